The molecule has 0 aromatic carbocycles. The Hall–Kier alpha value is -1.80. The van der Waals surface area contributed by atoms with E-state index in [1.165, 1.54) is 0 Å². The monoisotopic (exact) mass is 284 g/mol. The average molecular weight is 286 g/mol. The number of hydrogen-bond donors (Lipinski definition) is 0. The predicted molar refractivity (Wildman–Crippen MR) is 66.2 cm³/mol. The van der Waals surface area contributed by atoms with E-state index in [0.29, 0.717) is 0 Å². The molecule has 3 heterocycles. The molecule has 0 aliphatic rings. The molecule has 3 rings (SSSR count). The van der Waals surface area contributed by atoms with Gasteiger partial charge in [-0.15, -0.1) is 11.4 Å². The Morgan fingerprint density at radius 1 is 0.667 bits per heavy atom. The van der Waals surface area contributed by atoms with Crippen molar-refractivity contribution < 1.29 is 19.5 Å². The van der Waals surface area contributed by atoms with Crippen LogP contribution in [-0.4, -0.2) is 9.97 Å². The van der Waals surface area contributed by atoms with Gasteiger partial charge in [-0.05, 0) is 24.3 Å². The maximum Gasteiger partial charge on any atom is 0.0483 e. The molecule has 18 heavy (non-hydrogen) atoms. The average Bonchev–Trinajstić information content (AvgIpc) is 2.90. The molecule has 0 saturated heterocycles. The van der Waals surface area contributed by atoms with Gasteiger partial charge in [-0.3, -0.25) is 9.97 Å². The summed E-state index contributed by atoms with van der Waals surface area (Å²) in [6.07, 6.45) is 3.54. The van der Waals surface area contributed by atoms with Gasteiger partial charge in [0.25, 0.3) is 0 Å². The van der Waals surface area contributed by atoms with Crippen LogP contribution in [0.15, 0.2) is 60.9 Å². The summed E-state index contributed by atoms with van der Waals surface area (Å²) in [6, 6.07) is 15.5. The normalized spacial score (nSPS) is 9.78. The molecule has 0 atom stereocenters. The number of nitrogens with zero attached hydrogens (tertiary/aromatic N) is 3. The first-order chi connectivity index (χ1) is 8.43. The maximum absolute atomic E-state index is 4.53. The minimum atomic E-state index is 0. The van der Waals surface area contributed by atoms with Gasteiger partial charge in [0.15, 0.2) is 0 Å². The van der Waals surface area contributed by atoms with Crippen molar-refractivity contribution in [2.24, 2.45) is 0 Å². The molecular formula is C14H10N3Zn-. The molecule has 0 amide bonds. The molecule has 3 nitrogen and oxygen atoms in total. The van der Waals surface area contributed by atoms with Crippen LogP contribution >= 0.6 is 0 Å². The van der Waals surface area contributed by atoms with E-state index in [4.69, 9.17) is 0 Å². The molecule has 3 aromatic rings. The Morgan fingerprint density at radius 3 is 1.56 bits per heavy atom. The fourth-order valence-electron chi connectivity index (χ4n) is 1.68. The molecule has 0 radical (unpaired) electrons. The van der Waals surface area contributed by atoms with Gasteiger partial charge in [0.05, 0.1) is 0 Å². The van der Waals surface area contributed by atoms with E-state index in [1.807, 2.05) is 48.5 Å². The van der Waals surface area contributed by atoms with Crippen molar-refractivity contribution in [2.75, 3.05) is 0 Å². The zero-order valence-corrected chi connectivity index (χ0v) is 12.8. The summed E-state index contributed by atoms with van der Waals surface area (Å²) in [7, 11) is 0. The van der Waals surface area contributed by atoms with E-state index in [9.17, 15) is 0 Å². The van der Waals surface area contributed by atoms with E-state index in [-0.39, 0.29) is 19.5 Å². The Balaban J connectivity index is 0.00000120. The summed E-state index contributed by atoms with van der Waals surface area (Å²) >= 11 is 0. The van der Waals surface area contributed by atoms with Gasteiger partial charge in [0.2, 0.25) is 0 Å². The van der Waals surface area contributed by atoms with Gasteiger partial charge in [-0.2, -0.15) is 0 Å². The number of pyridine rings is 2. The van der Waals surface area contributed by atoms with Gasteiger partial charge in [-0.25, -0.2) is 0 Å². The molecule has 0 fully saturated rings. The first-order valence-electron chi connectivity index (χ1n) is 5.40. The molecule has 0 spiro atoms. The molecule has 0 bridgehead atoms. The van der Waals surface area contributed by atoms with Crippen LogP contribution in [0.4, 0.5) is 0 Å². The minimum Gasteiger partial charge on any atom is -0.654 e. The summed E-state index contributed by atoms with van der Waals surface area (Å²) in [5.41, 5.74) is 3.53. The van der Waals surface area contributed by atoms with Crippen molar-refractivity contribution in [1.82, 2.24) is 15.0 Å². The van der Waals surface area contributed by atoms with Gasteiger partial charge < -0.3 is 4.98 Å². The van der Waals surface area contributed by atoms with Crippen molar-refractivity contribution in [3.63, 3.8) is 0 Å². The van der Waals surface area contributed by atoms with E-state index in [1.54, 1.807) is 12.4 Å². The quantitative estimate of drug-likeness (QED) is 0.680. The van der Waals surface area contributed by atoms with Crippen molar-refractivity contribution in [1.29, 1.82) is 0 Å². The third-order valence-electron chi connectivity index (χ3n) is 2.49. The summed E-state index contributed by atoms with van der Waals surface area (Å²) in [5, 5.41) is 0. The second kappa shape index (κ2) is 5.70. The zero-order valence-electron chi connectivity index (χ0n) is 9.82. The maximum atomic E-state index is 4.53. The first-order valence-corrected chi connectivity index (χ1v) is 5.40. The summed E-state index contributed by atoms with van der Waals surface area (Å²) in [5.74, 6) is 0. The van der Waals surface area contributed by atoms with E-state index < -0.39 is 0 Å². The summed E-state index contributed by atoms with van der Waals surface area (Å²) in [6.45, 7) is 0. The number of hydrogen-bond acceptors (Lipinski definition) is 2. The van der Waals surface area contributed by atoms with E-state index in [0.717, 1.165) is 22.8 Å². The van der Waals surface area contributed by atoms with Crippen LogP contribution in [-0.2, 0) is 19.5 Å². The third-order valence-corrected chi connectivity index (χ3v) is 2.49. The van der Waals surface area contributed by atoms with Crippen molar-refractivity contribution in [2.45, 2.75) is 0 Å². The number of rotatable bonds is 2. The van der Waals surface area contributed by atoms with Crippen molar-refractivity contribution >= 4 is 0 Å². The van der Waals surface area contributed by atoms with Gasteiger partial charge in [0.1, 0.15) is 0 Å². The van der Waals surface area contributed by atoms with Gasteiger partial charge in [-0.1, -0.05) is 24.3 Å². The second-order valence-corrected chi connectivity index (χ2v) is 3.65. The van der Waals surface area contributed by atoms with E-state index >= 15 is 0 Å². The Bertz CT molecular complexity index is 551. The van der Waals surface area contributed by atoms with E-state index in [2.05, 4.69) is 15.0 Å². The standard InChI is InChI=1S/C14H10N3.Zn/c1-3-9-15-11(5-1)13-7-8-14(17-13)12-6-2-4-10-16-12;/h1-10H;/q-1;. The fraction of sp³-hybridized carbons (Fsp3) is 0. The molecule has 0 saturated carbocycles. The van der Waals surface area contributed by atoms with Crippen LogP contribution < -0.4 is 4.98 Å². The Morgan fingerprint density at radius 2 is 1.17 bits per heavy atom. The molecule has 0 aliphatic heterocycles. The van der Waals surface area contributed by atoms with Crippen LogP contribution in [0.5, 0.6) is 0 Å². The fourth-order valence-corrected chi connectivity index (χ4v) is 1.68. The first kappa shape index (κ1) is 12.7. The molecule has 4 heteroatoms. The van der Waals surface area contributed by atoms with Gasteiger partial charge in [0, 0.05) is 43.3 Å². The van der Waals surface area contributed by atoms with Crippen molar-refractivity contribution in [3.8, 4) is 22.8 Å². The molecule has 0 aliphatic carbocycles. The smallest absolute Gasteiger partial charge is 0.0483 e. The molecule has 84 valence electrons. The topological polar surface area (TPSA) is 39.9 Å². The number of aromatic nitrogens is 3. The Labute approximate surface area is 118 Å². The van der Waals surface area contributed by atoms with Crippen LogP contribution in [0, 0.1) is 0 Å². The summed E-state index contributed by atoms with van der Waals surface area (Å²) in [4.78, 5) is 13.1. The largest absolute Gasteiger partial charge is 0.654 e. The van der Waals surface area contributed by atoms with Crippen LogP contribution in [0.2, 0.25) is 0 Å². The zero-order chi connectivity index (χ0) is 11.5. The minimum absolute atomic E-state index is 0. The third kappa shape index (κ3) is 2.54. The van der Waals surface area contributed by atoms with Crippen LogP contribution in [0.3, 0.4) is 0 Å². The van der Waals surface area contributed by atoms with Gasteiger partial charge >= 0.3 is 0 Å². The SMILES string of the molecule is [Zn].c1ccc(-c2ccc(-c3ccccn3)[n-]2)nc1. The van der Waals surface area contributed by atoms with Crippen LogP contribution in [0.1, 0.15) is 0 Å². The Kier molecular flexibility index (Phi) is 4.01. The van der Waals surface area contributed by atoms with Crippen LogP contribution in [0.25, 0.3) is 22.8 Å². The van der Waals surface area contributed by atoms with Crippen molar-refractivity contribution in [3.05, 3.63) is 60.9 Å². The molecule has 0 N–H and O–H groups in total. The molecular weight excluding hydrogens is 276 g/mol. The summed E-state index contributed by atoms with van der Waals surface area (Å²) < 4.78 is 0. The molecule has 0 unspecified atom stereocenters. The molecule has 3 aromatic heterocycles. The second-order valence-electron chi connectivity index (χ2n) is 3.65. The predicted octanol–water partition coefficient (Wildman–Crippen LogP) is 2.77.